The average Bonchev–Trinajstić information content (AvgIpc) is 2.26. The molecule has 0 unspecified atom stereocenters. The summed E-state index contributed by atoms with van der Waals surface area (Å²) in [6, 6.07) is 5.55. The molecule has 0 spiro atoms. The molecule has 0 aliphatic carbocycles. The molecule has 0 radical (unpaired) electrons. The highest BCUT2D eigenvalue weighted by atomic mass is 35.5. The van der Waals surface area contributed by atoms with Gasteiger partial charge in [0.15, 0.2) is 0 Å². The predicted octanol–water partition coefficient (Wildman–Crippen LogP) is 2.89. The number of carbonyl (C=O) groups is 1. The van der Waals surface area contributed by atoms with Gasteiger partial charge in [-0.05, 0) is 30.7 Å². The third kappa shape index (κ3) is 3.28. The summed E-state index contributed by atoms with van der Waals surface area (Å²) >= 11 is 6.04. The maximum Gasteiger partial charge on any atom is 0.328 e. The van der Waals surface area contributed by atoms with Crippen LogP contribution in [0.3, 0.4) is 0 Å². The number of nitrogens with zero attached hydrogens (tertiary/aromatic N) is 1. The van der Waals surface area contributed by atoms with Gasteiger partial charge in [0.25, 0.3) is 0 Å². The highest BCUT2D eigenvalue weighted by Crippen LogP contribution is 2.23. The van der Waals surface area contributed by atoms with Crippen molar-refractivity contribution >= 4 is 29.3 Å². The van der Waals surface area contributed by atoms with Crippen LogP contribution in [-0.2, 0) is 4.79 Å². The van der Waals surface area contributed by atoms with Crippen molar-refractivity contribution in [2.75, 3.05) is 18.5 Å². The Bertz CT molecular complexity index is 415. The van der Waals surface area contributed by atoms with Gasteiger partial charge >= 0.3 is 5.97 Å². The number of benzene rings is 1. The van der Waals surface area contributed by atoms with E-state index in [9.17, 15) is 4.79 Å². The standard InChI is InChI=1S/C12H14ClNO2/c1-3-14(2)10-6-4-9(11(13)8-10)5-7-12(15)16/h4-8H,3H2,1-2H3,(H,15,16)/b7-5+. The first kappa shape index (κ1) is 12.6. The first-order valence-electron chi connectivity index (χ1n) is 4.96. The summed E-state index contributed by atoms with van der Waals surface area (Å²) in [5.41, 5.74) is 1.72. The molecular formula is C12H14ClNO2. The SMILES string of the molecule is CCN(C)c1ccc(/C=C/C(=O)O)c(Cl)c1. The monoisotopic (exact) mass is 239 g/mol. The van der Waals surface area contributed by atoms with Crippen LogP contribution in [0.15, 0.2) is 24.3 Å². The second-order valence-electron chi connectivity index (χ2n) is 3.39. The van der Waals surface area contributed by atoms with E-state index in [1.54, 1.807) is 0 Å². The molecule has 1 aromatic carbocycles. The van der Waals surface area contributed by atoms with Gasteiger partial charge in [0.05, 0.1) is 0 Å². The van der Waals surface area contributed by atoms with Crippen LogP contribution < -0.4 is 4.90 Å². The number of halogens is 1. The summed E-state index contributed by atoms with van der Waals surface area (Å²) in [7, 11) is 1.97. The van der Waals surface area contributed by atoms with Gasteiger partial charge in [0.1, 0.15) is 0 Å². The van der Waals surface area contributed by atoms with Crippen molar-refractivity contribution in [1.29, 1.82) is 0 Å². The fraction of sp³-hybridized carbons (Fsp3) is 0.250. The number of aliphatic carboxylic acids is 1. The minimum absolute atomic E-state index is 0.551. The van der Waals surface area contributed by atoms with E-state index < -0.39 is 5.97 Å². The van der Waals surface area contributed by atoms with Gasteiger partial charge in [-0.1, -0.05) is 17.7 Å². The van der Waals surface area contributed by atoms with Crippen LogP contribution in [0.25, 0.3) is 6.08 Å². The van der Waals surface area contributed by atoms with E-state index in [0.29, 0.717) is 10.6 Å². The summed E-state index contributed by atoms with van der Waals surface area (Å²) in [4.78, 5) is 12.4. The Morgan fingerprint density at radius 1 is 1.56 bits per heavy atom. The van der Waals surface area contributed by atoms with Crippen molar-refractivity contribution in [3.05, 3.63) is 34.9 Å². The van der Waals surface area contributed by atoms with E-state index in [0.717, 1.165) is 18.3 Å². The lowest BCUT2D eigenvalue weighted by molar-refractivity contribution is -0.131. The van der Waals surface area contributed by atoms with E-state index >= 15 is 0 Å². The van der Waals surface area contributed by atoms with Crippen molar-refractivity contribution in [2.24, 2.45) is 0 Å². The third-order valence-electron chi connectivity index (χ3n) is 2.30. The highest BCUT2D eigenvalue weighted by molar-refractivity contribution is 6.32. The summed E-state index contributed by atoms with van der Waals surface area (Å²) < 4.78 is 0. The summed E-state index contributed by atoms with van der Waals surface area (Å²) in [6.07, 6.45) is 2.56. The van der Waals surface area contributed by atoms with Gasteiger partial charge in [-0.3, -0.25) is 0 Å². The van der Waals surface area contributed by atoms with E-state index in [2.05, 4.69) is 4.90 Å². The molecule has 0 saturated carbocycles. The number of hydrogen-bond donors (Lipinski definition) is 1. The summed E-state index contributed by atoms with van der Waals surface area (Å²) in [5.74, 6) is -0.981. The molecule has 86 valence electrons. The Kier molecular flexibility index (Phi) is 4.38. The molecule has 3 nitrogen and oxygen atoms in total. The van der Waals surface area contributed by atoms with Crippen LogP contribution in [0.5, 0.6) is 0 Å². The van der Waals surface area contributed by atoms with Crippen molar-refractivity contribution in [2.45, 2.75) is 6.92 Å². The molecule has 4 heteroatoms. The molecule has 0 atom stereocenters. The predicted molar refractivity (Wildman–Crippen MR) is 67.1 cm³/mol. The van der Waals surface area contributed by atoms with Gasteiger partial charge in [-0.2, -0.15) is 0 Å². The van der Waals surface area contributed by atoms with Crippen molar-refractivity contribution in [3.8, 4) is 0 Å². The smallest absolute Gasteiger partial charge is 0.328 e. The largest absolute Gasteiger partial charge is 0.478 e. The number of carboxylic acid groups (broad SMARTS) is 1. The number of rotatable bonds is 4. The lowest BCUT2D eigenvalue weighted by Gasteiger charge is -2.17. The average molecular weight is 240 g/mol. The third-order valence-corrected chi connectivity index (χ3v) is 2.63. The molecule has 0 fully saturated rings. The van der Waals surface area contributed by atoms with E-state index in [1.807, 2.05) is 32.2 Å². The molecule has 0 amide bonds. The molecule has 0 aliphatic heterocycles. The fourth-order valence-corrected chi connectivity index (χ4v) is 1.47. The van der Waals surface area contributed by atoms with Gasteiger partial charge in [0.2, 0.25) is 0 Å². The van der Waals surface area contributed by atoms with E-state index in [4.69, 9.17) is 16.7 Å². The zero-order valence-electron chi connectivity index (χ0n) is 9.27. The quantitative estimate of drug-likeness (QED) is 0.822. The Morgan fingerprint density at radius 2 is 2.25 bits per heavy atom. The van der Waals surface area contributed by atoms with Crippen LogP contribution in [0.2, 0.25) is 5.02 Å². The molecule has 0 bridgehead atoms. The van der Waals surface area contributed by atoms with Crippen LogP contribution in [0.4, 0.5) is 5.69 Å². The molecule has 0 heterocycles. The topological polar surface area (TPSA) is 40.5 Å². The van der Waals surface area contributed by atoms with Crippen molar-refractivity contribution < 1.29 is 9.90 Å². The van der Waals surface area contributed by atoms with E-state index in [1.165, 1.54) is 6.08 Å². The molecule has 0 aromatic heterocycles. The maximum absolute atomic E-state index is 10.4. The normalized spacial score (nSPS) is 10.7. The van der Waals surface area contributed by atoms with Crippen LogP contribution in [-0.4, -0.2) is 24.7 Å². The van der Waals surface area contributed by atoms with Crippen molar-refractivity contribution in [3.63, 3.8) is 0 Å². The van der Waals surface area contributed by atoms with Gasteiger partial charge < -0.3 is 10.0 Å². The van der Waals surface area contributed by atoms with Crippen molar-refractivity contribution in [1.82, 2.24) is 0 Å². The molecule has 0 saturated heterocycles. The second kappa shape index (κ2) is 5.56. The lowest BCUT2D eigenvalue weighted by Crippen LogP contribution is -2.15. The Balaban J connectivity index is 2.96. The molecule has 1 aromatic rings. The Hall–Kier alpha value is -1.48. The van der Waals surface area contributed by atoms with Crippen LogP contribution in [0.1, 0.15) is 12.5 Å². The molecule has 1 rings (SSSR count). The zero-order valence-corrected chi connectivity index (χ0v) is 10.0. The summed E-state index contributed by atoms with van der Waals surface area (Å²) in [5, 5.41) is 9.06. The second-order valence-corrected chi connectivity index (χ2v) is 3.80. The number of carboxylic acids is 1. The molecular weight excluding hydrogens is 226 g/mol. The van der Waals surface area contributed by atoms with Gasteiger partial charge in [-0.15, -0.1) is 0 Å². The first-order chi connectivity index (χ1) is 7.54. The molecule has 0 aliphatic rings. The maximum atomic E-state index is 10.4. The van der Waals surface area contributed by atoms with Gasteiger partial charge in [-0.25, -0.2) is 4.79 Å². The lowest BCUT2D eigenvalue weighted by atomic mass is 10.2. The minimum Gasteiger partial charge on any atom is -0.478 e. The Labute approximate surface area is 100.0 Å². The molecule has 1 N–H and O–H groups in total. The van der Waals surface area contributed by atoms with Gasteiger partial charge in [0, 0.05) is 30.4 Å². The molecule has 16 heavy (non-hydrogen) atoms. The zero-order chi connectivity index (χ0) is 12.1. The first-order valence-corrected chi connectivity index (χ1v) is 5.34. The number of hydrogen-bond acceptors (Lipinski definition) is 2. The highest BCUT2D eigenvalue weighted by Gasteiger charge is 2.02. The van der Waals surface area contributed by atoms with Crippen LogP contribution >= 0.6 is 11.6 Å². The van der Waals surface area contributed by atoms with E-state index in [-0.39, 0.29) is 0 Å². The minimum atomic E-state index is -0.981. The van der Waals surface area contributed by atoms with Crippen LogP contribution in [0, 0.1) is 0 Å². The number of anilines is 1. The summed E-state index contributed by atoms with van der Waals surface area (Å²) in [6.45, 7) is 2.94. The Morgan fingerprint density at radius 3 is 2.75 bits per heavy atom. The fourth-order valence-electron chi connectivity index (χ4n) is 1.23.